The van der Waals surface area contributed by atoms with Gasteiger partial charge >= 0.3 is 0 Å². The minimum absolute atomic E-state index is 0.644. The highest BCUT2D eigenvalue weighted by atomic mass is 16.5. The molecule has 0 amide bonds. The Morgan fingerprint density at radius 3 is 2.58 bits per heavy atom. The first-order valence-corrected chi connectivity index (χ1v) is 8.87. The van der Waals surface area contributed by atoms with Gasteiger partial charge in [-0.05, 0) is 50.6 Å². The molecule has 1 N–H and O–H groups in total. The first-order chi connectivity index (χ1) is 11.7. The quantitative estimate of drug-likeness (QED) is 0.673. The van der Waals surface area contributed by atoms with Crippen LogP contribution < -0.4 is 10.1 Å². The Bertz CT molecular complexity index is 594. The van der Waals surface area contributed by atoms with Gasteiger partial charge in [-0.1, -0.05) is 13.8 Å². The molecule has 0 bridgehead atoms. The zero-order valence-electron chi connectivity index (χ0n) is 15.3. The van der Waals surface area contributed by atoms with Crippen molar-refractivity contribution < 1.29 is 4.74 Å². The fourth-order valence-corrected chi connectivity index (χ4v) is 2.69. The molecule has 0 aliphatic rings. The minimum atomic E-state index is 0.644. The molecule has 2 aromatic rings. The molecule has 0 spiro atoms. The largest absolute Gasteiger partial charge is 0.494 e. The number of nitrogens with one attached hydrogen (secondary N) is 1. The lowest BCUT2D eigenvalue weighted by Crippen LogP contribution is -2.33. The van der Waals surface area contributed by atoms with Gasteiger partial charge in [0, 0.05) is 19.6 Å². The number of aromatic nitrogens is 2. The molecule has 0 saturated heterocycles. The van der Waals surface area contributed by atoms with Crippen molar-refractivity contribution in [1.29, 1.82) is 0 Å². The number of ether oxygens (including phenoxy) is 1. The van der Waals surface area contributed by atoms with Crippen molar-refractivity contribution in [3.63, 3.8) is 0 Å². The first kappa shape index (κ1) is 18.3. The average molecular weight is 330 g/mol. The van der Waals surface area contributed by atoms with E-state index in [0.29, 0.717) is 6.04 Å². The number of benzene rings is 1. The van der Waals surface area contributed by atoms with Gasteiger partial charge in [0.05, 0.1) is 30.4 Å². The monoisotopic (exact) mass is 330 g/mol. The van der Waals surface area contributed by atoms with E-state index in [4.69, 9.17) is 4.74 Å². The van der Waals surface area contributed by atoms with Crippen LogP contribution in [0.2, 0.25) is 0 Å². The van der Waals surface area contributed by atoms with E-state index in [-0.39, 0.29) is 0 Å². The van der Waals surface area contributed by atoms with Gasteiger partial charge in [0.25, 0.3) is 0 Å². The van der Waals surface area contributed by atoms with Crippen LogP contribution in [-0.2, 0) is 0 Å². The molecule has 1 aromatic heterocycles. The van der Waals surface area contributed by atoms with Crippen LogP contribution in [-0.4, -0.2) is 47.5 Å². The molecule has 1 atom stereocenters. The summed E-state index contributed by atoms with van der Waals surface area (Å²) in [7, 11) is 1.89. The second-order valence-electron chi connectivity index (χ2n) is 6.01. The summed E-state index contributed by atoms with van der Waals surface area (Å²) in [5.74, 6) is 0.909. The first-order valence-electron chi connectivity index (χ1n) is 8.87. The Morgan fingerprint density at radius 2 is 2.00 bits per heavy atom. The lowest BCUT2D eigenvalue weighted by Gasteiger charge is -2.26. The second kappa shape index (κ2) is 9.33. The molecule has 0 fully saturated rings. The summed E-state index contributed by atoms with van der Waals surface area (Å²) < 4.78 is 7.71. The summed E-state index contributed by atoms with van der Waals surface area (Å²) in [4.78, 5) is 2.50. The summed E-state index contributed by atoms with van der Waals surface area (Å²) in [6.07, 6.45) is 6.01. The van der Waals surface area contributed by atoms with Crippen molar-refractivity contribution in [3.05, 3.63) is 36.7 Å². The lowest BCUT2D eigenvalue weighted by atomic mass is 10.2. The number of hydrogen-bond donors (Lipinski definition) is 1. The third-order valence-corrected chi connectivity index (χ3v) is 4.45. The number of anilines is 1. The third-order valence-electron chi connectivity index (χ3n) is 4.45. The highest BCUT2D eigenvalue weighted by Gasteiger charge is 2.09. The molecular weight excluding hydrogens is 300 g/mol. The van der Waals surface area contributed by atoms with Crippen LogP contribution in [0.3, 0.4) is 0 Å². The zero-order chi connectivity index (χ0) is 17.4. The third kappa shape index (κ3) is 4.99. The molecule has 0 radical (unpaired) electrons. The smallest absolute Gasteiger partial charge is 0.119 e. The molecule has 1 heterocycles. The van der Waals surface area contributed by atoms with Crippen molar-refractivity contribution >= 4 is 5.69 Å². The van der Waals surface area contributed by atoms with Gasteiger partial charge in [0.1, 0.15) is 5.75 Å². The van der Waals surface area contributed by atoms with Crippen molar-refractivity contribution in [2.45, 2.75) is 39.7 Å². The van der Waals surface area contributed by atoms with Gasteiger partial charge in [0.15, 0.2) is 0 Å². The topological polar surface area (TPSA) is 42.3 Å². The van der Waals surface area contributed by atoms with Gasteiger partial charge in [-0.2, -0.15) is 5.10 Å². The molecule has 1 aromatic carbocycles. The summed E-state index contributed by atoms with van der Waals surface area (Å²) in [5, 5.41) is 7.40. The Kier molecular flexibility index (Phi) is 7.12. The van der Waals surface area contributed by atoms with Gasteiger partial charge in [0.2, 0.25) is 0 Å². The Balaban J connectivity index is 1.79. The summed E-state index contributed by atoms with van der Waals surface area (Å²) >= 11 is 0. The van der Waals surface area contributed by atoms with Crippen molar-refractivity contribution in [2.75, 3.05) is 32.1 Å². The fraction of sp³-hybridized carbons (Fsp3) is 0.526. The highest BCUT2D eigenvalue weighted by Crippen LogP contribution is 2.16. The molecule has 132 valence electrons. The predicted molar refractivity (Wildman–Crippen MR) is 100 cm³/mol. The average Bonchev–Trinajstić information content (AvgIpc) is 3.11. The molecule has 1 unspecified atom stereocenters. The van der Waals surface area contributed by atoms with Crippen LogP contribution in [0.15, 0.2) is 36.7 Å². The predicted octanol–water partition coefficient (Wildman–Crippen LogP) is 3.80. The number of rotatable bonds is 10. The number of nitrogens with zero attached hydrogens (tertiary/aromatic N) is 3. The normalized spacial score (nSPS) is 12.4. The molecule has 0 aliphatic carbocycles. The molecule has 2 rings (SSSR count). The summed E-state index contributed by atoms with van der Waals surface area (Å²) in [6, 6.07) is 8.70. The lowest BCUT2D eigenvalue weighted by molar-refractivity contribution is 0.193. The van der Waals surface area contributed by atoms with E-state index < -0.39 is 0 Å². The van der Waals surface area contributed by atoms with Gasteiger partial charge < -0.3 is 15.0 Å². The van der Waals surface area contributed by atoms with E-state index in [1.165, 1.54) is 6.42 Å². The van der Waals surface area contributed by atoms with Crippen LogP contribution >= 0.6 is 0 Å². The molecule has 24 heavy (non-hydrogen) atoms. The van der Waals surface area contributed by atoms with E-state index in [0.717, 1.165) is 43.2 Å². The minimum Gasteiger partial charge on any atom is -0.494 e. The highest BCUT2D eigenvalue weighted by molar-refractivity contribution is 5.43. The summed E-state index contributed by atoms with van der Waals surface area (Å²) in [6.45, 7) is 9.69. The maximum Gasteiger partial charge on any atom is 0.119 e. The van der Waals surface area contributed by atoms with Gasteiger partial charge in [-0.25, -0.2) is 4.68 Å². The van der Waals surface area contributed by atoms with Crippen LogP contribution in [0.5, 0.6) is 5.75 Å². The maximum atomic E-state index is 5.86. The SMILES string of the molecule is CCC(C)N(CC)CCCOc1ccc(-n2cc(NC)cn2)cc1. The van der Waals surface area contributed by atoms with Crippen molar-refractivity contribution in [1.82, 2.24) is 14.7 Å². The van der Waals surface area contributed by atoms with Crippen LogP contribution in [0.25, 0.3) is 5.69 Å². The van der Waals surface area contributed by atoms with Crippen molar-refractivity contribution in [2.24, 2.45) is 0 Å². The van der Waals surface area contributed by atoms with Crippen LogP contribution in [0, 0.1) is 0 Å². The van der Waals surface area contributed by atoms with Crippen molar-refractivity contribution in [3.8, 4) is 11.4 Å². The van der Waals surface area contributed by atoms with E-state index in [9.17, 15) is 0 Å². The number of hydrogen-bond acceptors (Lipinski definition) is 4. The molecule has 5 nitrogen and oxygen atoms in total. The molecule has 0 aliphatic heterocycles. The van der Waals surface area contributed by atoms with Gasteiger partial charge in [-0.3, -0.25) is 0 Å². The van der Waals surface area contributed by atoms with Gasteiger partial charge in [-0.15, -0.1) is 0 Å². The van der Waals surface area contributed by atoms with Crippen LogP contribution in [0.1, 0.15) is 33.6 Å². The summed E-state index contributed by atoms with van der Waals surface area (Å²) in [5.41, 5.74) is 2.02. The Hall–Kier alpha value is -2.01. The Labute approximate surface area is 145 Å². The molecular formula is C19H30N4O. The van der Waals surface area contributed by atoms with E-state index in [2.05, 4.69) is 36.1 Å². The standard InChI is InChI=1S/C19H30N4O/c1-5-16(3)22(6-2)12-7-13-24-19-10-8-18(9-11-19)23-15-17(20-4)14-21-23/h8-11,14-16,20H,5-7,12-13H2,1-4H3. The maximum absolute atomic E-state index is 5.86. The zero-order valence-corrected chi connectivity index (χ0v) is 15.3. The molecule has 0 saturated carbocycles. The second-order valence-corrected chi connectivity index (χ2v) is 6.01. The molecule has 5 heteroatoms. The van der Waals surface area contributed by atoms with E-state index >= 15 is 0 Å². The van der Waals surface area contributed by atoms with Crippen LogP contribution in [0.4, 0.5) is 5.69 Å². The van der Waals surface area contributed by atoms with E-state index in [1.54, 1.807) is 6.20 Å². The fourth-order valence-electron chi connectivity index (χ4n) is 2.69. The van der Waals surface area contributed by atoms with E-state index in [1.807, 2.05) is 42.2 Å². The Morgan fingerprint density at radius 1 is 1.25 bits per heavy atom.